The summed E-state index contributed by atoms with van der Waals surface area (Å²) >= 11 is 0. The zero-order valence-corrected chi connectivity index (χ0v) is 17.9. The van der Waals surface area contributed by atoms with Gasteiger partial charge in [0.25, 0.3) is 5.91 Å². The molecule has 7 nitrogen and oxygen atoms in total. The van der Waals surface area contributed by atoms with Gasteiger partial charge in [-0.2, -0.15) is 17.5 Å². The standard InChI is InChI=1S/C21H21F3N2O5S/c1-14-4-10-17(11-5-14)32(29,30)26-12-2-3-18(26)20(28)31-13-19(27)25-16-8-6-15(7-9-16)21(22,23)24/h4-11,18H,2-3,12-13H2,1H3,(H,25,27)/t18-/m0/s1. The first-order valence-corrected chi connectivity index (χ1v) is 11.1. The second-order valence-corrected chi connectivity index (χ2v) is 9.21. The third kappa shape index (κ3) is 5.46. The Bertz CT molecular complexity index is 1080. The Morgan fingerprint density at radius 2 is 1.72 bits per heavy atom. The third-order valence-corrected chi connectivity index (χ3v) is 6.87. The normalized spacial score (nSPS) is 17.2. The summed E-state index contributed by atoms with van der Waals surface area (Å²) in [7, 11) is -3.91. The highest BCUT2D eigenvalue weighted by atomic mass is 32.2. The van der Waals surface area contributed by atoms with Crippen molar-refractivity contribution >= 4 is 27.6 Å². The maximum absolute atomic E-state index is 12.9. The van der Waals surface area contributed by atoms with Gasteiger partial charge >= 0.3 is 12.1 Å². The molecule has 11 heteroatoms. The number of carbonyl (C=O) groups is 2. The van der Waals surface area contributed by atoms with Crippen molar-refractivity contribution in [3.8, 4) is 0 Å². The molecule has 0 bridgehead atoms. The lowest BCUT2D eigenvalue weighted by atomic mass is 10.2. The molecule has 1 aliphatic heterocycles. The molecule has 0 aromatic heterocycles. The number of ether oxygens (including phenoxy) is 1. The SMILES string of the molecule is Cc1ccc(S(=O)(=O)N2CCC[C@H]2C(=O)OCC(=O)Nc2ccc(C(F)(F)F)cc2)cc1. The lowest BCUT2D eigenvalue weighted by Gasteiger charge is -2.22. The lowest BCUT2D eigenvalue weighted by molar-refractivity contribution is -0.150. The molecule has 1 heterocycles. The Kier molecular flexibility index (Phi) is 6.89. The number of aryl methyl sites for hydroxylation is 1. The summed E-state index contributed by atoms with van der Waals surface area (Å²) in [6.45, 7) is 1.27. The van der Waals surface area contributed by atoms with Crippen molar-refractivity contribution in [2.24, 2.45) is 0 Å². The molecule has 0 saturated carbocycles. The Labute approximate surface area is 183 Å². The summed E-state index contributed by atoms with van der Waals surface area (Å²) in [6.07, 6.45) is -3.78. The van der Waals surface area contributed by atoms with Crippen molar-refractivity contribution in [2.45, 2.75) is 36.9 Å². The number of benzene rings is 2. The molecule has 172 valence electrons. The van der Waals surface area contributed by atoms with Crippen LogP contribution in [0.25, 0.3) is 0 Å². The minimum absolute atomic E-state index is 0.0582. The molecular weight excluding hydrogens is 449 g/mol. The van der Waals surface area contributed by atoms with Gasteiger partial charge in [0.2, 0.25) is 10.0 Å². The van der Waals surface area contributed by atoms with E-state index < -0.39 is 46.3 Å². The number of nitrogens with zero attached hydrogens (tertiary/aromatic N) is 1. The van der Waals surface area contributed by atoms with Crippen LogP contribution in [0.4, 0.5) is 18.9 Å². The van der Waals surface area contributed by atoms with Crippen molar-refractivity contribution < 1.29 is 35.9 Å². The smallest absolute Gasteiger partial charge is 0.416 e. The van der Waals surface area contributed by atoms with Crippen molar-refractivity contribution in [1.29, 1.82) is 0 Å². The van der Waals surface area contributed by atoms with Gasteiger partial charge in [0.15, 0.2) is 6.61 Å². The summed E-state index contributed by atoms with van der Waals surface area (Å²) in [5, 5.41) is 2.32. The molecule has 2 aromatic rings. The first-order chi connectivity index (χ1) is 15.0. The summed E-state index contributed by atoms with van der Waals surface area (Å²) in [6, 6.07) is 8.96. The second kappa shape index (κ2) is 9.29. The molecule has 1 saturated heterocycles. The summed E-state index contributed by atoms with van der Waals surface area (Å²) in [5.41, 5.74) is 0.127. The van der Waals surface area contributed by atoms with E-state index >= 15 is 0 Å². The molecule has 1 N–H and O–H groups in total. The zero-order valence-electron chi connectivity index (χ0n) is 17.1. The van der Waals surface area contributed by atoms with Crippen LogP contribution in [-0.4, -0.2) is 43.8 Å². The van der Waals surface area contributed by atoms with Crippen LogP contribution < -0.4 is 5.32 Å². The van der Waals surface area contributed by atoms with Gasteiger partial charge < -0.3 is 10.1 Å². The molecule has 0 spiro atoms. The molecule has 1 fully saturated rings. The summed E-state index contributed by atoms with van der Waals surface area (Å²) < 4.78 is 69.6. The Hall–Kier alpha value is -2.92. The number of alkyl halides is 3. The van der Waals surface area contributed by atoms with Crippen molar-refractivity contribution in [1.82, 2.24) is 4.31 Å². The molecule has 0 unspecified atom stereocenters. The molecule has 1 aliphatic rings. The zero-order chi connectivity index (χ0) is 23.5. The van der Waals surface area contributed by atoms with E-state index in [1.54, 1.807) is 12.1 Å². The average Bonchev–Trinajstić information content (AvgIpc) is 3.23. The van der Waals surface area contributed by atoms with Crippen molar-refractivity contribution in [3.05, 3.63) is 59.7 Å². The molecule has 1 amide bonds. The van der Waals surface area contributed by atoms with E-state index in [0.29, 0.717) is 6.42 Å². The monoisotopic (exact) mass is 470 g/mol. The number of anilines is 1. The summed E-state index contributed by atoms with van der Waals surface area (Å²) in [5.74, 6) is -1.62. The van der Waals surface area contributed by atoms with E-state index in [1.165, 1.54) is 12.1 Å². The van der Waals surface area contributed by atoms with Gasteiger partial charge in [-0.05, 0) is 56.2 Å². The predicted octanol–water partition coefficient (Wildman–Crippen LogP) is 3.35. The van der Waals surface area contributed by atoms with E-state index in [1.807, 2.05) is 6.92 Å². The topological polar surface area (TPSA) is 92.8 Å². The molecule has 0 aliphatic carbocycles. The van der Waals surface area contributed by atoms with Gasteiger partial charge in [0.1, 0.15) is 6.04 Å². The summed E-state index contributed by atoms with van der Waals surface area (Å²) in [4.78, 5) is 24.5. The van der Waals surface area contributed by atoms with Crippen LogP contribution in [0.5, 0.6) is 0 Å². The van der Waals surface area contributed by atoms with E-state index in [0.717, 1.165) is 34.1 Å². The molecule has 1 atom stereocenters. The maximum Gasteiger partial charge on any atom is 0.416 e. The first kappa shape index (κ1) is 23.7. The van der Waals surface area contributed by atoms with E-state index in [-0.39, 0.29) is 23.5 Å². The lowest BCUT2D eigenvalue weighted by Crippen LogP contribution is -2.42. The molecular formula is C21H21F3N2O5S. The Morgan fingerprint density at radius 1 is 1.09 bits per heavy atom. The van der Waals surface area contributed by atoms with Crippen LogP contribution >= 0.6 is 0 Å². The molecule has 3 rings (SSSR count). The maximum atomic E-state index is 12.9. The number of halogens is 3. The molecule has 0 radical (unpaired) electrons. The van der Waals surface area contributed by atoms with Gasteiger partial charge in [0.05, 0.1) is 10.5 Å². The number of amides is 1. The number of esters is 1. The van der Waals surface area contributed by atoms with Gasteiger partial charge in [-0.3, -0.25) is 9.59 Å². The van der Waals surface area contributed by atoms with Crippen molar-refractivity contribution in [2.75, 3.05) is 18.5 Å². The fourth-order valence-electron chi connectivity index (χ4n) is 3.28. The van der Waals surface area contributed by atoms with Crippen LogP contribution in [0.3, 0.4) is 0 Å². The number of rotatable bonds is 6. The fraction of sp³-hybridized carbons (Fsp3) is 0.333. The minimum Gasteiger partial charge on any atom is -0.454 e. The van der Waals surface area contributed by atoms with Crippen LogP contribution in [0, 0.1) is 6.92 Å². The van der Waals surface area contributed by atoms with Crippen LogP contribution in [-0.2, 0) is 30.5 Å². The van der Waals surface area contributed by atoms with Gasteiger partial charge in [-0.25, -0.2) is 8.42 Å². The number of hydrogen-bond donors (Lipinski definition) is 1. The highest BCUT2D eigenvalue weighted by Crippen LogP contribution is 2.30. The van der Waals surface area contributed by atoms with Gasteiger partial charge in [0, 0.05) is 12.2 Å². The number of hydrogen-bond acceptors (Lipinski definition) is 5. The van der Waals surface area contributed by atoms with Gasteiger partial charge in [-0.1, -0.05) is 17.7 Å². The van der Waals surface area contributed by atoms with E-state index in [2.05, 4.69) is 5.32 Å². The van der Waals surface area contributed by atoms with Crippen molar-refractivity contribution in [3.63, 3.8) is 0 Å². The Morgan fingerprint density at radius 3 is 2.31 bits per heavy atom. The fourth-order valence-corrected chi connectivity index (χ4v) is 4.93. The number of sulfonamides is 1. The van der Waals surface area contributed by atoms with E-state index in [9.17, 15) is 31.2 Å². The van der Waals surface area contributed by atoms with E-state index in [4.69, 9.17) is 4.74 Å². The molecule has 2 aromatic carbocycles. The highest BCUT2D eigenvalue weighted by Gasteiger charge is 2.40. The minimum atomic E-state index is -4.50. The third-order valence-electron chi connectivity index (χ3n) is 4.94. The first-order valence-electron chi connectivity index (χ1n) is 9.71. The second-order valence-electron chi connectivity index (χ2n) is 7.32. The van der Waals surface area contributed by atoms with Crippen LogP contribution in [0.15, 0.2) is 53.4 Å². The molecule has 32 heavy (non-hydrogen) atoms. The van der Waals surface area contributed by atoms with Gasteiger partial charge in [-0.15, -0.1) is 0 Å². The predicted molar refractivity (Wildman–Crippen MR) is 109 cm³/mol. The quantitative estimate of drug-likeness (QED) is 0.654. The van der Waals surface area contributed by atoms with Crippen LogP contribution in [0.1, 0.15) is 24.0 Å². The average molecular weight is 470 g/mol. The largest absolute Gasteiger partial charge is 0.454 e. The highest BCUT2D eigenvalue weighted by molar-refractivity contribution is 7.89. The number of nitrogens with one attached hydrogen (secondary N) is 1. The number of carbonyl (C=O) groups excluding carboxylic acids is 2. The Balaban J connectivity index is 1.59. The van der Waals surface area contributed by atoms with Crippen LogP contribution in [0.2, 0.25) is 0 Å².